The van der Waals surface area contributed by atoms with Crippen molar-refractivity contribution in [3.05, 3.63) is 65.0 Å². The minimum Gasteiger partial charge on any atom is -0.489 e. The first-order valence-electron chi connectivity index (χ1n) is 6.76. The summed E-state index contributed by atoms with van der Waals surface area (Å²) in [7, 11) is 0. The van der Waals surface area contributed by atoms with Crippen LogP contribution in [0.15, 0.2) is 42.5 Å². The van der Waals surface area contributed by atoms with E-state index in [1.807, 2.05) is 31.2 Å². The summed E-state index contributed by atoms with van der Waals surface area (Å²) in [6.45, 7) is 2.34. The molecule has 0 unspecified atom stereocenters. The predicted octanol–water partition coefficient (Wildman–Crippen LogP) is 3.45. The molecular weight excluding hydrogens is 267 g/mol. The van der Waals surface area contributed by atoms with E-state index in [4.69, 9.17) is 9.84 Å². The normalized spacial score (nSPS) is 9.86. The van der Waals surface area contributed by atoms with Crippen LogP contribution in [0.1, 0.15) is 23.1 Å². The summed E-state index contributed by atoms with van der Waals surface area (Å²) in [5.41, 5.74) is 2.66. The molecule has 0 aliphatic heterocycles. The third kappa shape index (κ3) is 4.62. The average Bonchev–Trinajstić information content (AvgIpc) is 2.47. The Kier molecular flexibility index (Phi) is 5.36. The molecular formula is C18H17FO2. The lowest BCUT2D eigenvalue weighted by atomic mass is 10.1. The molecule has 0 heterocycles. The number of aliphatic hydroxyl groups excluding tert-OH is 1. The van der Waals surface area contributed by atoms with Crippen LogP contribution in [-0.4, -0.2) is 11.7 Å². The number of aliphatic hydroxyl groups is 1. The fourth-order valence-corrected chi connectivity index (χ4v) is 1.90. The number of ether oxygens (including phenoxy) is 1. The van der Waals surface area contributed by atoms with Crippen LogP contribution in [0.25, 0.3) is 0 Å². The highest BCUT2D eigenvalue weighted by atomic mass is 19.1. The standard InChI is InChI=1S/C18H17FO2/c1-14-11-15(5-2-3-10-20)8-9-18(14)21-13-16-6-4-7-17(19)12-16/h4,6-9,11-12,20H,3,10,13H2,1H3. The van der Waals surface area contributed by atoms with Gasteiger partial charge in [-0.2, -0.15) is 0 Å². The first-order chi connectivity index (χ1) is 10.2. The number of halogens is 1. The van der Waals surface area contributed by atoms with Gasteiger partial charge in [-0.05, 0) is 48.4 Å². The third-order valence-corrected chi connectivity index (χ3v) is 2.93. The summed E-state index contributed by atoms with van der Waals surface area (Å²) in [4.78, 5) is 0. The van der Waals surface area contributed by atoms with Gasteiger partial charge in [0.05, 0.1) is 6.61 Å². The first kappa shape index (κ1) is 15.1. The molecule has 2 rings (SSSR count). The van der Waals surface area contributed by atoms with Crippen LogP contribution in [0.5, 0.6) is 5.75 Å². The number of benzene rings is 2. The Morgan fingerprint density at radius 3 is 2.76 bits per heavy atom. The van der Waals surface area contributed by atoms with Crippen molar-refractivity contribution >= 4 is 0 Å². The summed E-state index contributed by atoms with van der Waals surface area (Å²) in [5, 5.41) is 8.69. The second kappa shape index (κ2) is 7.47. The van der Waals surface area contributed by atoms with Gasteiger partial charge < -0.3 is 9.84 Å². The fourth-order valence-electron chi connectivity index (χ4n) is 1.90. The van der Waals surface area contributed by atoms with Gasteiger partial charge in [-0.3, -0.25) is 0 Å². The second-order valence-electron chi connectivity index (χ2n) is 4.67. The Labute approximate surface area is 124 Å². The number of rotatable bonds is 4. The van der Waals surface area contributed by atoms with Gasteiger partial charge in [0, 0.05) is 12.0 Å². The molecule has 0 spiro atoms. The fraction of sp³-hybridized carbons (Fsp3) is 0.222. The van der Waals surface area contributed by atoms with Crippen molar-refractivity contribution in [3.8, 4) is 17.6 Å². The molecule has 0 amide bonds. The summed E-state index contributed by atoms with van der Waals surface area (Å²) in [5.74, 6) is 6.35. The van der Waals surface area contributed by atoms with Crippen LogP contribution in [0.4, 0.5) is 4.39 Å². The Morgan fingerprint density at radius 1 is 1.19 bits per heavy atom. The highest BCUT2D eigenvalue weighted by Gasteiger charge is 2.02. The van der Waals surface area contributed by atoms with E-state index in [1.165, 1.54) is 12.1 Å². The molecule has 108 valence electrons. The Hall–Kier alpha value is -2.31. The Morgan fingerprint density at radius 2 is 2.05 bits per heavy atom. The zero-order valence-corrected chi connectivity index (χ0v) is 11.9. The molecule has 0 atom stereocenters. The van der Waals surface area contributed by atoms with E-state index in [-0.39, 0.29) is 12.4 Å². The van der Waals surface area contributed by atoms with Gasteiger partial charge in [-0.1, -0.05) is 24.0 Å². The van der Waals surface area contributed by atoms with Crippen molar-refractivity contribution in [2.75, 3.05) is 6.61 Å². The molecule has 0 radical (unpaired) electrons. The van der Waals surface area contributed by atoms with Crippen molar-refractivity contribution in [2.24, 2.45) is 0 Å². The van der Waals surface area contributed by atoms with E-state index in [9.17, 15) is 4.39 Å². The monoisotopic (exact) mass is 284 g/mol. The predicted molar refractivity (Wildman–Crippen MR) is 80.5 cm³/mol. The lowest BCUT2D eigenvalue weighted by Crippen LogP contribution is -1.97. The molecule has 0 fully saturated rings. The van der Waals surface area contributed by atoms with Gasteiger partial charge >= 0.3 is 0 Å². The number of hydrogen-bond acceptors (Lipinski definition) is 2. The molecule has 2 aromatic carbocycles. The van der Waals surface area contributed by atoms with Crippen LogP contribution in [0, 0.1) is 24.6 Å². The number of hydrogen-bond donors (Lipinski definition) is 1. The van der Waals surface area contributed by atoms with E-state index < -0.39 is 0 Å². The largest absolute Gasteiger partial charge is 0.489 e. The lowest BCUT2D eigenvalue weighted by Gasteiger charge is -2.09. The minimum atomic E-state index is -0.262. The Balaban J connectivity index is 2.03. The molecule has 3 heteroatoms. The lowest BCUT2D eigenvalue weighted by molar-refractivity contribution is 0.303. The zero-order valence-electron chi connectivity index (χ0n) is 11.9. The molecule has 0 saturated heterocycles. The van der Waals surface area contributed by atoms with Crippen molar-refractivity contribution < 1.29 is 14.2 Å². The first-order valence-corrected chi connectivity index (χ1v) is 6.76. The zero-order chi connectivity index (χ0) is 15.1. The van der Waals surface area contributed by atoms with Crippen molar-refractivity contribution in [1.29, 1.82) is 0 Å². The molecule has 2 nitrogen and oxygen atoms in total. The maximum absolute atomic E-state index is 13.1. The van der Waals surface area contributed by atoms with Crippen LogP contribution in [0.2, 0.25) is 0 Å². The molecule has 0 saturated carbocycles. The van der Waals surface area contributed by atoms with Gasteiger partial charge in [0.1, 0.15) is 18.2 Å². The maximum Gasteiger partial charge on any atom is 0.123 e. The van der Waals surface area contributed by atoms with Crippen LogP contribution in [-0.2, 0) is 6.61 Å². The Bertz CT molecular complexity index is 668. The van der Waals surface area contributed by atoms with Gasteiger partial charge in [0.25, 0.3) is 0 Å². The quantitative estimate of drug-likeness (QED) is 0.871. The highest BCUT2D eigenvalue weighted by Crippen LogP contribution is 2.20. The molecule has 1 N–H and O–H groups in total. The summed E-state index contributed by atoms with van der Waals surface area (Å²) in [6.07, 6.45) is 0.469. The van der Waals surface area contributed by atoms with Gasteiger partial charge in [-0.25, -0.2) is 4.39 Å². The SMILES string of the molecule is Cc1cc(C#CCCO)ccc1OCc1cccc(F)c1. The molecule has 0 bridgehead atoms. The third-order valence-electron chi connectivity index (χ3n) is 2.93. The topological polar surface area (TPSA) is 29.5 Å². The van der Waals surface area contributed by atoms with Gasteiger partial charge in [0.2, 0.25) is 0 Å². The smallest absolute Gasteiger partial charge is 0.123 e. The average molecular weight is 284 g/mol. The van der Waals surface area contributed by atoms with Crippen LogP contribution < -0.4 is 4.74 Å². The van der Waals surface area contributed by atoms with E-state index in [0.717, 1.165) is 22.4 Å². The van der Waals surface area contributed by atoms with Crippen molar-refractivity contribution in [2.45, 2.75) is 20.0 Å². The molecule has 2 aromatic rings. The van der Waals surface area contributed by atoms with Crippen molar-refractivity contribution in [3.63, 3.8) is 0 Å². The van der Waals surface area contributed by atoms with Gasteiger partial charge in [-0.15, -0.1) is 0 Å². The molecule has 0 aliphatic carbocycles. The summed E-state index contributed by atoms with van der Waals surface area (Å²) < 4.78 is 18.8. The van der Waals surface area contributed by atoms with Crippen LogP contribution >= 0.6 is 0 Å². The summed E-state index contributed by atoms with van der Waals surface area (Å²) >= 11 is 0. The van der Waals surface area contributed by atoms with E-state index in [2.05, 4.69) is 11.8 Å². The van der Waals surface area contributed by atoms with Gasteiger partial charge in [0.15, 0.2) is 0 Å². The summed E-state index contributed by atoms with van der Waals surface area (Å²) in [6, 6.07) is 12.0. The second-order valence-corrected chi connectivity index (χ2v) is 4.67. The molecule has 0 aromatic heterocycles. The maximum atomic E-state index is 13.1. The van der Waals surface area contributed by atoms with E-state index in [1.54, 1.807) is 6.07 Å². The molecule has 0 aliphatic rings. The van der Waals surface area contributed by atoms with E-state index in [0.29, 0.717) is 13.0 Å². The minimum absolute atomic E-state index is 0.0703. The van der Waals surface area contributed by atoms with Crippen LogP contribution in [0.3, 0.4) is 0 Å². The number of aryl methyl sites for hydroxylation is 1. The van der Waals surface area contributed by atoms with Crippen molar-refractivity contribution in [1.82, 2.24) is 0 Å². The highest BCUT2D eigenvalue weighted by molar-refractivity contribution is 5.43. The molecule has 21 heavy (non-hydrogen) atoms. The van der Waals surface area contributed by atoms with E-state index >= 15 is 0 Å².